The van der Waals surface area contributed by atoms with Crippen LogP contribution in [0.15, 0.2) is 36.7 Å². The average molecular weight is 271 g/mol. The zero-order chi connectivity index (χ0) is 13.9. The molecule has 0 spiro atoms. The molecule has 0 saturated heterocycles. The zero-order valence-corrected chi connectivity index (χ0v) is 11.1. The van der Waals surface area contributed by atoms with E-state index in [9.17, 15) is 4.79 Å². The number of carbonyl (C=O) groups is 1. The first-order valence-corrected chi connectivity index (χ1v) is 6.61. The van der Waals surface area contributed by atoms with Gasteiger partial charge in [0, 0.05) is 37.7 Å². The second-order valence-corrected chi connectivity index (χ2v) is 4.79. The molecular formula is C14H17N5O. The number of benzene rings is 1. The molecule has 0 saturated carbocycles. The summed E-state index contributed by atoms with van der Waals surface area (Å²) in [5.41, 5.74) is 7.37. The average Bonchev–Trinajstić information content (AvgIpc) is 2.94. The van der Waals surface area contributed by atoms with Gasteiger partial charge in [-0.3, -0.25) is 0 Å². The molecule has 3 rings (SSSR count). The number of amides is 2. The highest BCUT2D eigenvalue weighted by Crippen LogP contribution is 2.14. The summed E-state index contributed by atoms with van der Waals surface area (Å²) in [6.07, 6.45) is 3.71. The Hall–Kier alpha value is -2.34. The van der Waals surface area contributed by atoms with Crippen LogP contribution in [0.3, 0.4) is 0 Å². The number of rotatable bonds is 2. The summed E-state index contributed by atoms with van der Waals surface area (Å²) in [5.74, 6) is 0.919. The normalized spacial score (nSPS) is 13.9. The Balaban J connectivity index is 1.68. The largest absolute Gasteiger partial charge is 0.332 e. The minimum Gasteiger partial charge on any atom is -0.332 e. The molecule has 1 aromatic heterocycles. The van der Waals surface area contributed by atoms with Crippen molar-refractivity contribution in [1.29, 1.82) is 0 Å². The third-order valence-corrected chi connectivity index (χ3v) is 3.45. The molecule has 0 unspecified atom stereocenters. The van der Waals surface area contributed by atoms with Crippen LogP contribution in [0.1, 0.15) is 11.4 Å². The lowest BCUT2D eigenvalue weighted by Gasteiger charge is -2.27. The summed E-state index contributed by atoms with van der Waals surface area (Å²) < 4.78 is 2.07. The molecule has 0 aliphatic carbocycles. The highest BCUT2D eigenvalue weighted by atomic mass is 16.2. The van der Waals surface area contributed by atoms with Crippen molar-refractivity contribution >= 4 is 11.7 Å². The van der Waals surface area contributed by atoms with E-state index in [0.29, 0.717) is 19.6 Å². The highest BCUT2D eigenvalue weighted by Gasteiger charge is 2.21. The number of fused-ring (bicyclic) bond motifs is 1. The molecule has 2 heterocycles. The van der Waals surface area contributed by atoms with Crippen molar-refractivity contribution in [3.05, 3.63) is 48.0 Å². The van der Waals surface area contributed by atoms with Crippen molar-refractivity contribution < 1.29 is 4.79 Å². The molecule has 2 aromatic rings. The standard InChI is InChI=1S/C14H17N5O/c15-9-11-2-1-3-12(8-11)17-14(20)19-7-6-18-5-4-16-13(18)10-19/h1-5,8H,6-7,9-10,15H2,(H,17,20). The van der Waals surface area contributed by atoms with E-state index in [4.69, 9.17) is 5.73 Å². The van der Waals surface area contributed by atoms with Crippen LogP contribution in [0, 0.1) is 0 Å². The molecule has 0 bridgehead atoms. The maximum Gasteiger partial charge on any atom is 0.322 e. The number of imidazole rings is 1. The molecule has 6 nitrogen and oxygen atoms in total. The topological polar surface area (TPSA) is 76.2 Å². The second-order valence-electron chi connectivity index (χ2n) is 4.79. The Morgan fingerprint density at radius 1 is 1.40 bits per heavy atom. The van der Waals surface area contributed by atoms with Crippen LogP contribution in [0.2, 0.25) is 0 Å². The Kier molecular flexibility index (Phi) is 3.39. The van der Waals surface area contributed by atoms with Crippen molar-refractivity contribution in [2.24, 2.45) is 5.73 Å². The number of carbonyl (C=O) groups excluding carboxylic acids is 1. The molecule has 0 atom stereocenters. The molecule has 1 aliphatic rings. The van der Waals surface area contributed by atoms with Gasteiger partial charge in [-0.15, -0.1) is 0 Å². The Morgan fingerprint density at radius 3 is 3.15 bits per heavy atom. The molecule has 6 heteroatoms. The van der Waals surface area contributed by atoms with Gasteiger partial charge in [-0.25, -0.2) is 9.78 Å². The van der Waals surface area contributed by atoms with Crippen molar-refractivity contribution in [1.82, 2.24) is 14.5 Å². The van der Waals surface area contributed by atoms with Gasteiger partial charge in [-0.1, -0.05) is 12.1 Å². The number of nitrogens with zero attached hydrogens (tertiary/aromatic N) is 3. The molecule has 0 radical (unpaired) electrons. The molecule has 20 heavy (non-hydrogen) atoms. The van der Waals surface area contributed by atoms with Crippen LogP contribution in [0.5, 0.6) is 0 Å². The fraction of sp³-hybridized carbons (Fsp3) is 0.286. The van der Waals surface area contributed by atoms with Gasteiger partial charge in [-0.05, 0) is 17.7 Å². The zero-order valence-electron chi connectivity index (χ0n) is 11.1. The number of aromatic nitrogens is 2. The summed E-state index contributed by atoms with van der Waals surface area (Å²) in [5, 5.41) is 2.90. The lowest BCUT2D eigenvalue weighted by atomic mass is 10.2. The fourth-order valence-electron chi connectivity index (χ4n) is 2.33. The van der Waals surface area contributed by atoms with Crippen molar-refractivity contribution in [3.8, 4) is 0 Å². The van der Waals surface area contributed by atoms with E-state index >= 15 is 0 Å². The summed E-state index contributed by atoms with van der Waals surface area (Å²) in [7, 11) is 0. The maximum absolute atomic E-state index is 12.2. The van der Waals surface area contributed by atoms with Crippen LogP contribution in [-0.4, -0.2) is 27.0 Å². The van der Waals surface area contributed by atoms with E-state index in [1.165, 1.54) is 0 Å². The third kappa shape index (κ3) is 2.50. The van der Waals surface area contributed by atoms with Gasteiger partial charge in [0.15, 0.2) is 0 Å². The summed E-state index contributed by atoms with van der Waals surface area (Å²) in [6.45, 7) is 2.47. The van der Waals surface area contributed by atoms with Crippen LogP contribution < -0.4 is 11.1 Å². The summed E-state index contributed by atoms with van der Waals surface area (Å²) in [4.78, 5) is 18.3. The second kappa shape index (κ2) is 5.34. The Morgan fingerprint density at radius 2 is 2.30 bits per heavy atom. The van der Waals surface area contributed by atoms with Crippen molar-refractivity contribution in [3.63, 3.8) is 0 Å². The quantitative estimate of drug-likeness (QED) is 0.866. The van der Waals surface area contributed by atoms with E-state index < -0.39 is 0 Å². The summed E-state index contributed by atoms with van der Waals surface area (Å²) >= 11 is 0. The molecular weight excluding hydrogens is 254 g/mol. The SMILES string of the molecule is NCc1cccc(NC(=O)N2CCn3ccnc3C2)c1. The van der Waals surface area contributed by atoms with Gasteiger partial charge >= 0.3 is 6.03 Å². The Labute approximate surface area is 117 Å². The molecule has 1 aromatic carbocycles. The maximum atomic E-state index is 12.2. The van der Waals surface area contributed by atoms with E-state index in [1.54, 1.807) is 11.1 Å². The van der Waals surface area contributed by atoms with Crippen molar-refractivity contribution in [2.45, 2.75) is 19.6 Å². The minimum atomic E-state index is -0.103. The van der Waals surface area contributed by atoms with E-state index in [-0.39, 0.29) is 6.03 Å². The number of hydrogen-bond acceptors (Lipinski definition) is 3. The van der Waals surface area contributed by atoms with Crippen LogP contribution in [0.25, 0.3) is 0 Å². The number of urea groups is 1. The predicted octanol–water partition coefficient (Wildman–Crippen LogP) is 1.39. The van der Waals surface area contributed by atoms with Gasteiger partial charge in [-0.2, -0.15) is 0 Å². The number of nitrogens with one attached hydrogen (secondary N) is 1. The predicted molar refractivity (Wildman–Crippen MR) is 76.0 cm³/mol. The highest BCUT2D eigenvalue weighted by molar-refractivity contribution is 5.89. The summed E-state index contributed by atoms with van der Waals surface area (Å²) in [6, 6.07) is 7.48. The van der Waals surface area contributed by atoms with E-state index in [1.807, 2.05) is 30.5 Å². The molecule has 2 amide bonds. The molecule has 104 valence electrons. The number of hydrogen-bond donors (Lipinski definition) is 2. The van der Waals surface area contributed by atoms with Gasteiger partial charge in [0.05, 0.1) is 6.54 Å². The van der Waals surface area contributed by atoms with E-state index in [0.717, 1.165) is 23.6 Å². The third-order valence-electron chi connectivity index (χ3n) is 3.45. The lowest BCUT2D eigenvalue weighted by molar-refractivity contribution is 0.195. The smallest absolute Gasteiger partial charge is 0.322 e. The molecule has 3 N–H and O–H groups in total. The number of nitrogens with two attached hydrogens (primary N) is 1. The van der Waals surface area contributed by atoms with Crippen LogP contribution in [0.4, 0.5) is 10.5 Å². The monoisotopic (exact) mass is 271 g/mol. The first-order chi connectivity index (χ1) is 9.76. The van der Waals surface area contributed by atoms with Gasteiger partial charge in [0.25, 0.3) is 0 Å². The van der Waals surface area contributed by atoms with Gasteiger partial charge in [0.1, 0.15) is 5.82 Å². The molecule has 0 fully saturated rings. The first kappa shape index (κ1) is 12.7. The number of anilines is 1. The van der Waals surface area contributed by atoms with Gasteiger partial charge < -0.3 is 20.5 Å². The lowest BCUT2D eigenvalue weighted by Crippen LogP contribution is -2.40. The van der Waals surface area contributed by atoms with Crippen molar-refractivity contribution in [2.75, 3.05) is 11.9 Å². The molecule has 1 aliphatic heterocycles. The van der Waals surface area contributed by atoms with Gasteiger partial charge in [0.2, 0.25) is 0 Å². The van der Waals surface area contributed by atoms with Crippen LogP contribution in [-0.2, 0) is 19.6 Å². The first-order valence-electron chi connectivity index (χ1n) is 6.61. The van der Waals surface area contributed by atoms with E-state index in [2.05, 4.69) is 14.9 Å². The fourth-order valence-corrected chi connectivity index (χ4v) is 2.33. The minimum absolute atomic E-state index is 0.103. The van der Waals surface area contributed by atoms with Crippen LogP contribution >= 0.6 is 0 Å². The Bertz CT molecular complexity index is 622.